The number of carbonyl (C=O) groups excluding carboxylic acids is 1. The van der Waals surface area contributed by atoms with Crippen LogP contribution in [0.5, 0.6) is 5.75 Å². The van der Waals surface area contributed by atoms with Crippen molar-refractivity contribution >= 4 is 11.6 Å². The Bertz CT molecular complexity index is 1080. The van der Waals surface area contributed by atoms with Gasteiger partial charge in [0.25, 0.3) is 5.91 Å². The Balaban J connectivity index is 1.38. The fourth-order valence-electron chi connectivity index (χ4n) is 2.81. The van der Waals surface area contributed by atoms with Gasteiger partial charge in [0.05, 0.1) is 17.9 Å². The maximum atomic E-state index is 12.4. The number of imidazole rings is 1. The van der Waals surface area contributed by atoms with Gasteiger partial charge < -0.3 is 18.9 Å². The van der Waals surface area contributed by atoms with E-state index in [0.717, 1.165) is 22.8 Å². The second kappa shape index (κ2) is 7.56. The highest BCUT2D eigenvalue weighted by Crippen LogP contribution is 2.16. The van der Waals surface area contributed by atoms with Crippen molar-refractivity contribution in [2.24, 2.45) is 0 Å². The van der Waals surface area contributed by atoms with Gasteiger partial charge in [0, 0.05) is 18.0 Å². The van der Waals surface area contributed by atoms with Crippen LogP contribution in [0.15, 0.2) is 59.3 Å². The van der Waals surface area contributed by atoms with Gasteiger partial charge in [-0.1, -0.05) is 12.1 Å². The third-order valence-electron chi connectivity index (χ3n) is 4.37. The first-order valence-electron chi connectivity index (χ1n) is 8.95. The molecule has 0 aliphatic heterocycles. The van der Waals surface area contributed by atoms with E-state index in [4.69, 9.17) is 9.15 Å². The Hall–Kier alpha value is -3.61. The molecule has 0 unspecified atom stereocenters. The molecule has 0 radical (unpaired) electrons. The second-order valence-corrected chi connectivity index (χ2v) is 6.45. The van der Waals surface area contributed by atoms with Gasteiger partial charge in [-0.2, -0.15) is 0 Å². The van der Waals surface area contributed by atoms with Crippen LogP contribution in [0.2, 0.25) is 0 Å². The molecule has 1 N–H and O–H groups in total. The Labute approximate surface area is 162 Å². The molecule has 0 atom stereocenters. The van der Waals surface area contributed by atoms with Crippen molar-refractivity contribution in [3.8, 4) is 5.75 Å². The second-order valence-electron chi connectivity index (χ2n) is 6.45. The zero-order valence-electron chi connectivity index (χ0n) is 15.7. The summed E-state index contributed by atoms with van der Waals surface area (Å²) in [5.41, 5.74) is 3.01. The zero-order chi connectivity index (χ0) is 19.5. The molecule has 1 aromatic carbocycles. The molecular formula is C21H20N4O3. The largest absolute Gasteiger partial charge is 0.487 e. The third kappa shape index (κ3) is 3.88. The highest BCUT2D eigenvalue weighted by molar-refractivity contribution is 5.94. The summed E-state index contributed by atoms with van der Waals surface area (Å²) in [6.07, 6.45) is 3.86. The third-order valence-corrected chi connectivity index (χ3v) is 4.37. The summed E-state index contributed by atoms with van der Waals surface area (Å²) in [6.45, 7) is 4.27. The standard InChI is InChI=1S/C21H20N4O3/c1-14-15(2)28-20(23-14)11-22-21(26)16-6-5-7-18(10-16)27-13-17-12-25-9-4-3-8-19(25)24-17/h3-10,12H,11,13H2,1-2H3,(H,22,26). The average molecular weight is 376 g/mol. The number of aromatic nitrogens is 3. The number of nitrogens with one attached hydrogen (secondary N) is 1. The van der Waals surface area contributed by atoms with Crippen LogP contribution in [0.4, 0.5) is 0 Å². The number of benzene rings is 1. The van der Waals surface area contributed by atoms with Crippen LogP contribution in [0, 0.1) is 13.8 Å². The monoisotopic (exact) mass is 376 g/mol. The van der Waals surface area contributed by atoms with Crippen molar-refractivity contribution in [1.29, 1.82) is 0 Å². The molecule has 7 nitrogen and oxygen atoms in total. The smallest absolute Gasteiger partial charge is 0.251 e. The Morgan fingerprint density at radius 1 is 1.18 bits per heavy atom. The first kappa shape index (κ1) is 17.8. The fourth-order valence-corrected chi connectivity index (χ4v) is 2.81. The molecule has 0 saturated carbocycles. The van der Waals surface area contributed by atoms with E-state index < -0.39 is 0 Å². The van der Waals surface area contributed by atoms with Gasteiger partial charge in [-0.05, 0) is 44.2 Å². The summed E-state index contributed by atoms with van der Waals surface area (Å²) in [5.74, 6) is 1.63. The number of ether oxygens (including phenoxy) is 1. The molecule has 7 heteroatoms. The number of rotatable bonds is 6. The van der Waals surface area contributed by atoms with Crippen LogP contribution < -0.4 is 10.1 Å². The molecule has 3 heterocycles. The van der Waals surface area contributed by atoms with Crippen LogP contribution in [-0.4, -0.2) is 20.3 Å². The van der Waals surface area contributed by atoms with Gasteiger partial charge in [0.2, 0.25) is 5.89 Å². The Morgan fingerprint density at radius 3 is 2.86 bits per heavy atom. The molecule has 28 heavy (non-hydrogen) atoms. The van der Waals surface area contributed by atoms with Crippen molar-refractivity contribution in [3.63, 3.8) is 0 Å². The molecule has 3 aromatic heterocycles. The van der Waals surface area contributed by atoms with Crippen molar-refractivity contribution in [1.82, 2.24) is 19.7 Å². The Kier molecular flexibility index (Phi) is 4.80. The molecule has 1 amide bonds. The highest BCUT2D eigenvalue weighted by Gasteiger charge is 2.10. The average Bonchev–Trinajstić information content (AvgIpc) is 3.27. The maximum absolute atomic E-state index is 12.4. The number of carbonyl (C=O) groups is 1. The SMILES string of the molecule is Cc1nc(CNC(=O)c2cccc(OCc3cn4ccccc4n3)c2)oc1C. The van der Waals surface area contributed by atoms with Crippen LogP contribution in [0.25, 0.3) is 5.65 Å². The molecular weight excluding hydrogens is 356 g/mol. The van der Waals surface area contributed by atoms with Crippen molar-refractivity contribution < 1.29 is 13.9 Å². The molecule has 0 aliphatic rings. The minimum absolute atomic E-state index is 0.216. The molecule has 0 fully saturated rings. The molecule has 142 valence electrons. The van der Waals surface area contributed by atoms with E-state index in [1.54, 1.807) is 18.2 Å². The van der Waals surface area contributed by atoms with Gasteiger partial charge in [-0.15, -0.1) is 0 Å². The number of oxazole rings is 1. The summed E-state index contributed by atoms with van der Waals surface area (Å²) < 4.78 is 13.2. The predicted octanol–water partition coefficient (Wildman–Crippen LogP) is 3.45. The van der Waals surface area contributed by atoms with Gasteiger partial charge in [-0.25, -0.2) is 9.97 Å². The van der Waals surface area contributed by atoms with E-state index in [0.29, 0.717) is 23.8 Å². The highest BCUT2D eigenvalue weighted by atomic mass is 16.5. The molecule has 0 spiro atoms. The summed E-state index contributed by atoms with van der Waals surface area (Å²) in [5, 5.41) is 2.81. The van der Waals surface area contributed by atoms with Crippen molar-refractivity contribution in [2.75, 3.05) is 0 Å². The lowest BCUT2D eigenvalue weighted by Gasteiger charge is -2.07. The summed E-state index contributed by atoms with van der Waals surface area (Å²) >= 11 is 0. The number of nitrogens with zero attached hydrogens (tertiary/aromatic N) is 3. The van der Waals surface area contributed by atoms with Crippen LogP contribution in [0.3, 0.4) is 0 Å². The molecule has 0 aliphatic carbocycles. The summed E-state index contributed by atoms with van der Waals surface area (Å²) in [4.78, 5) is 21.2. The minimum atomic E-state index is -0.216. The number of pyridine rings is 1. The van der Waals surface area contributed by atoms with Gasteiger partial charge in [0.15, 0.2) is 0 Å². The minimum Gasteiger partial charge on any atom is -0.487 e. The lowest BCUT2D eigenvalue weighted by molar-refractivity contribution is 0.0946. The van der Waals surface area contributed by atoms with Crippen LogP contribution in [0.1, 0.15) is 33.4 Å². The van der Waals surface area contributed by atoms with Crippen LogP contribution in [-0.2, 0) is 13.2 Å². The summed E-state index contributed by atoms with van der Waals surface area (Å²) in [6, 6.07) is 12.9. The van der Waals surface area contributed by atoms with E-state index in [1.807, 2.05) is 54.9 Å². The van der Waals surface area contributed by atoms with Gasteiger partial charge in [0.1, 0.15) is 23.8 Å². The quantitative estimate of drug-likeness (QED) is 0.557. The van der Waals surface area contributed by atoms with Gasteiger partial charge in [-0.3, -0.25) is 4.79 Å². The molecule has 0 saturated heterocycles. The fraction of sp³-hybridized carbons (Fsp3) is 0.190. The number of hydrogen-bond acceptors (Lipinski definition) is 5. The summed E-state index contributed by atoms with van der Waals surface area (Å²) in [7, 11) is 0. The number of hydrogen-bond donors (Lipinski definition) is 1. The van der Waals surface area contributed by atoms with E-state index in [-0.39, 0.29) is 12.5 Å². The first-order valence-corrected chi connectivity index (χ1v) is 8.95. The molecule has 0 bridgehead atoms. The van der Waals surface area contributed by atoms with Crippen molar-refractivity contribution in [3.05, 3.63) is 83.5 Å². The lowest BCUT2D eigenvalue weighted by atomic mass is 10.2. The molecule has 4 aromatic rings. The number of fused-ring (bicyclic) bond motifs is 1. The predicted molar refractivity (Wildman–Crippen MR) is 103 cm³/mol. The lowest BCUT2D eigenvalue weighted by Crippen LogP contribution is -2.22. The molecule has 4 rings (SSSR count). The van der Waals surface area contributed by atoms with Gasteiger partial charge >= 0.3 is 0 Å². The van der Waals surface area contributed by atoms with E-state index >= 15 is 0 Å². The maximum Gasteiger partial charge on any atom is 0.251 e. The van der Waals surface area contributed by atoms with E-state index in [9.17, 15) is 4.79 Å². The number of amides is 1. The van der Waals surface area contributed by atoms with E-state index in [2.05, 4.69) is 15.3 Å². The normalized spacial score (nSPS) is 10.9. The van der Waals surface area contributed by atoms with Crippen LogP contribution >= 0.6 is 0 Å². The Morgan fingerprint density at radius 2 is 2.07 bits per heavy atom. The van der Waals surface area contributed by atoms with Crippen molar-refractivity contribution in [2.45, 2.75) is 27.0 Å². The first-order chi connectivity index (χ1) is 13.6. The number of aryl methyl sites for hydroxylation is 2. The topological polar surface area (TPSA) is 81.7 Å². The van der Waals surface area contributed by atoms with E-state index in [1.165, 1.54) is 0 Å². The zero-order valence-corrected chi connectivity index (χ0v) is 15.7.